The number of ether oxygens (including phenoxy) is 2. The van der Waals surface area contributed by atoms with Crippen LogP contribution >= 0.6 is 0 Å². The van der Waals surface area contributed by atoms with Crippen LogP contribution in [0.1, 0.15) is 91.5 Å². The van der Waals surface area contributed by atoms with Gasteiger partial charge in [0.2, 0.25) is 15.0 Å². The van der Waals surface area contributed by atoms with Gasteiger partial charge in [0, 0.05) is 60.8 Å². The SMILES string of the molecule is CO[C@H](C)c1cc2cnc(S(C)(=O)=O)nc2c(N2CCC(C[C@@H](OC(=O)c3ccccc3)c3cc4cnc([S+](C)[O-])nc4c(C4=CCCCC4)n3)CC2)n1. The maximum Gasteiger partial charge on any atom is 0.343 e. The van der Waals surface area contributed by atoms with E-state index in [1.807, 2.05) is 25.1 Å². The van der Waals surface area contributed by atoms with Crippen molar-refractivity contribution < 1.29 is 27.2 Å². The Labute approximate surface area is 317 Å². The van der Waals surface area contributed by atoms with Crippen LogP contribution in [0.5, 0.6) is 0 Å². The van der Waals surface area contributed by atoms with Gasteiger partial charge in [-0.2, -0.15) is 9.97 Å². The van der Waals surface area contributed by atoms with Gasteiger partial charge in [-0.3, -0.25) is 0 Å². The van der Waals surface area contributed by atoms with Crippen LogP contribution in [-0.2, 0) is 30.5 Å². The number of piperidine rings is 1. The number of esters is 1. The maximum absolute atomic E-state index is 13.6. The van der Waals surface area contributed by atoms with Crippen LogP contribution in [0.4, 0.5) is 5.82 Å². The zero-order valence-electron chi connectivity index (χ0n) is 30.8. The van der Waals surface area contributed by atoms with E-state index in [-0.39, 0.29) is 22.3 Å². The number of hydrogen-bond acceptors (Lipinski definition) is 13. The van der Waals surface area contributed by atoms with Gasteiger partial charge < -0.3 is 18.9 Å². The minimum Gasteiger partial charge on any atom is -0.609 e. The van der Waals surface area contributed by atoms with Gasteiger partial charge in [-0.15, -0.1) is 0 Å². The van der Waals surface area contributed by atoms with E-state index in [9.17, 15) is 17.8 Å². The second-order valence-corrected chi connectivity index (χ2v) is 17.1. The number of aromatic nitrogens is 6. The van der Waals surface area contributed by atoms with Crippen molar-refractivity contribution >= 4 is 60.2 Å². The summed E-state index contributed by atoms with van der Waals surface area (Å²) in [4.78, 5) is 43.5. The number of sulfone groups is 1. The average Bonchev–Trinajstić information content (AvgIpc) is 3.19. The van der Waals surface area contributed by atoms with Crippen molar-refractivity contribution in [3.63, 3.8) is 0 Å². The monoisotopic (exact) mass is 769 g/mol. The van der Waals surface area contributed by atoms with Crippen LogP contribution in [0.2, 0.25) is 0 Å². The first-order chi connectivity index (χ1) is 26.0. The number of fused-ring (bicyclic) bond motifs is 2. The smallest absolute Gasteiger partial charge is 0.343 e. The van der Waals surface area contributed by atoms with E-state index in [1.165, 1.54) is 6.20 Å². The number of allylic oxidation sites excluding steroid dienone is 2. The lowest BCUT2D eigenvalue weighted by molar-refractivity contribution is 0.0214. The Morgan fingerprint density at radius 1 is 0.981 bits per heavy atom. The summed E-state index contributed by atoms with van der Waals surface area (Å²) in [5.74, 6) is 0.296. The van der Waals surface area contributed by atoms with Crippen LogP contribution in [0, 0.1) is 5.92 Å². The molecule has 0 bridgehead atoms. The molecule has 13 nitrogen and oxygen atoms in total. The van der Waals surface area contributed by atoms with Gasteiger partial charge in [-0.05, 0) is 87.6 Å². The molecular weight excluding hydrogens is 727 g/mol. The van der Waals surface area contributed by atoms with Gasteiger partial charge in [0.05, 0.1) is 28.7 Å². The van der Waals surface area contributed by atoms with Gasteiger partial charge >= 0.3 is 11.1 Å². The van der Waals surface area contributed by atoms with Crippen molar-refractivity contribution in [3.05, 3.63) is 83.6 Å². The highest BCUT2D eigenvalue weighted by molar-refractivity contribution is 7.90. The summed E-state index contributed by atoms with van der Waals surface area (Å²) < 4.78 is 49.1. The predicted molar refractivity (Wildman–Crippen MR) is 206 cm³/mol. The average molecular weight is 770 g/mol. The molecule has 54 heavy (non-hydrogen) atoms. The first-order valence-electron chi connectivity index (χ1n) is 18.1. The fraction of sp³-hybridized carbons (Fsp3) is 0.410. The minimum atomic E-state index is -3.65. The molecule has 282 valence electrons. The van der Waals surface area contributed by atoms with E-state index in [2.05, 4.69) is 25.9 Å². The van der Waals surface area contributed by atoms with Crippen LogP contribution in [-0.4, -0.2) is 81.6 Å². The van der Waals surface area contributed by atoms with Gasteiger partial charge in [-0.1, -0.05) is 24.3 Å². The number of hydrogen-bond donors (Lipinski definition) is 0. The molecule has 1 fully saturated rings. The number of pyridine rings is 2. The van der Waals surface area contributed by atoms with Crippen LogP contribution in [0.3, 0.4) is 0 Å². The molecular formula is C39H43N7O6S2. The first-order valence-corrected chi connectivity index (χ1v) is 21.6. The summed E-state index contributed by atoms with van der Waals surface area (Å²) in [5, 5.41) is 1.41. The van der Waals surface area contributed by atoms with E-state index in [0.717, 1.165) is 55.7 Å². The van der Waals surface area contributed by atoms with Crippen LogP contribution in [0.25, 0.3) is 27.4 Å². The molecule has 5 heterocycles. The number of carbonyl (C=O) groups is 1. The molecule has 1 aliphatic heterocycles. The van der Waals surface area contributed by atoms with E-state index in [0.29, 0.717) is 64.4 Å². The van der Waals surface area contributed by atoms with Crippen LogP contribution < -0.4 is 4.90 Å². The molecule has 0 spiro atoms. The van der Waals surface area contributed by atoms with Crippen molar-refractivity contribution in [2.45, 2.75) is 74.4 Å². The third-order valence-electron chi connectivity index (χ3n) is 10.1. The molecule has 1 saturated heterocycles. The predicted octanol–water partition coefficient (Wildman–Crippen LogP) is 6.37. The second kappa shape index (κ2) is 16.0. The highest BCUT2D eigenvalue weighted by Crippen LogP contribution is 2.37. The summed E-state index contributed by atoms with van der Waals surface area (Å²) >= 11 is -1.37. The zero-order valence-corrected chi connectivity index (χ0v) is 32.4. The van der Waals surface area contributed by atoms with Gasteiger partial charge in [0.25, 0.3) is 0 Å². The van der Waals surface area contributed by atoms with Gasteiger partial charge in [-0.25, -0.2) is 33.1 Å². The molecule has 0 saturated carbocycles. The lowest BCUT2D eigenvalue weighted by Crippen LogP contribution is -2.35. The molecule has 3 atom stereocenters. The van der Waals surface area contributed by atoms with Gasteiger partial charge in [0.15, 0.2) is 5.82 Å². The second-order valence-electron chi connectivity index (χ2n) is 14.0. The van der Waals surface area contributed by atoms with E-state index in [1.54, 1.807) is 43.8 Å². The number of rotatable bonds is 11. The molecule has 5 aromatic rings. The Bertz CT molecular complexity index is 2320. The summed E-state index contributed by atoms with van der Waals surface area (Å²) in [7, 11) is -2.03. The maximum atomic E-state index is 13.6. The molecule has 2 aliphatic rings. The quantitative estimate of drug-likeness (QED) is 0.0824. The number of methoxy groups -OCH3 is 1. The van der Waals surface area contributed by atoms with Crippen molar-refractivity contribution in [1.29, 1.82) is 0 Å². The number of nitrogens with zero attached hydrogens (tertiary/aromatic N) is 7. The Morgan fingerprint density at radius 2 is 1.70 bits per heavy atom. The van der Waals surface area contributed by atoms with Crippen molar-refractivity contribution in [2.24, 2.45) is 5.92 Å². The van der Waals surface area contributed by atoms with Crippen molar-refractivity contribution in [3.8, 4) is 0 Å². The Morgan fingerprint density at radius 3 is 2.39 bits per heavy atom. The van der Waals surface area contributed by atoms with Crippen molar-refractivity contribution in [1.82, 2.24) is 29.9 Å². The lowest BCUT2D eigenvalue weighted by Gasteiger charge is -2.35. The molecule has 0 radical (unpaired) electrons. The third kappa shape index (κ3) is 8.23. The fourth-order valence-corrected chi connectivity index (χ4v) is 7.99. The highest BCUT2D eigenvalue weighted by atomic mass is 32.2. The van der Waals surface area contributed by atoms with E-state index >= 15 is 0 Å². The highest BCUT2D eigenvalue weighted by Gasteiger charge is 2.30. The Balaban J connectivity index is 1.21. The molecule has 0 amide bonds. The number of carbonyl (C=O) groups excluding carboxylic acids is 1. The zero-order chi connectivity index (χ0) is 38.0. The molecule has 7 rings (SSSR count). The largest absolute Gasteiger partial charge is 0.609 e. The summed E-state index contributed by atoms with van der Waals surface area (Å²) in [6.45, 7) is 3.13. The first kappa shape index (κ1) is 37.7. The topological polar surface area (TPSA) is 173 Å². The van der Waals surface area contributed by atoms with E-state index < -0.39 is 33.1 Å². The molecule has 15 heteroatoms. The molecule has 1 unspecified atom stereocenters. The summed E-state index contributed by atoms with van der Waals surface area (Å²) in [5.41, 5.74) is 4.65. The normalized spacial score (nSPS) is 17.3. The summed E-state index contributed by atoms with van der Waals surface area (Å²) in [6, 6.07) is 12.7. The third-order valence-corrected chi connectivity index (χ3v) is 11.7. The Kier molecular flexibility index (Phi) is 11.2. The van der Waals surface area contributed by atoms with Gasteiger partial charge in [0.1, 0.15) is 23.4 Å². The van der Waals surface area contributed by atoms with Crippen molar-refractivity contribution in [2.75, 3.05) is 37.6 Å². The molecule has 1 aromatic carbocycles. The van der Waals surface area contributed by atoms with E-state index in [4.69, 9.17) is 24.4 Å². The fourth-order valence-electron chi connectivity index (χ4n) is 7.06. The van der Waals surface area contributed by atoms with Crippen LogP contribution in [0.15, 0.2) is 71.2 Å². The summed E-state index contributed by atoms with van der Waals surface area (Å²) in [6.07, 6.45) is 13.0. The standard InChI is InChI=1S/C39H43N7O6S2/c1-24(51-2)30-20-29-23-41-39(54(4,49)50)45-35(29)36(43-30)46-17-15-25(16-18-46)19-32(52-37(47)27-13-9-6-10-14-27)31-21-28-22-40-38(53(3)48)44-34(28)33(42-31)26-11-7-5-8-12-26/h6,9-11,13-14,20-25,32H,5,7-8,12,15-19H2,1-4H3/t24-,32-,53?/m1/s1. The molecule has 0 N–H and O–H groups in total. The lowest BCUT2D eigenvalue weighted by atomic mass is 9.89. The Hall–Kier alpha value is -4.57. The minimum absolute atomic E-state index is 0.152. The number of anilines is 1. The molecule has 1 aliphatic carbocycles. The number of benzene rings is 1. The molecule has 4 aromatic heterocycles.